The Morgan fingerprint density at radius 2 is 2.16 bits per heavy atom. The van der Waals surface area contributed by atoms with Gasteiger partial charge >= 0.3 is 5.97 Å². The predicted octanol–water partition coefficient (Wildman–Crippen LogP) is 2.21. The molecule has 6 heteroatoms. The highest BCUT2D eigenvalue weighted by Gasteiger charge is 2.19. The quantitative estimate of drug-likeness (QED) is 0.846. The number of anilines is 1. The molecule has 100 valence electrons. The Bertz CT molecular complexity index is 542. The second-order valence-electron chi connectivity index (χ2n) is 4.09. The first-order valence-corrected chi connectivity index (χ1v) is 6.82. The van der Waals surface area contributed by atoms with Gasteiger partial charge in [0.2, 0.25) is 5.13 Å². The van der Waals surface area contributed by atoms with Crippen molar-refractivity contribution in [1.29, 1.82) is 0 Å². The Morgan fingerprint density at radius 3 is 2.74 bits per heavy atom. The molecule has 0 spiro atoms. The fraction of sp³-hybridized carbons (Fsp3) is 0.308. The molecule has 0 aliphatic carbocycles. The number of hydrogen-bond acceptors (Lipinski definition) is 5. The van der Waals surface area contributed by atoms with Crippen LogP contribution >= 0.6 is 11.5 Å². The van der Waals surface area contributed by atoms with Gasteiger partial charge in [0.25, 0.3) is 0 Å². The maximum absolute atomic E-state index is 11.3. The molecule has 1 heterocycles. The first-order valence-electron chi connectivity index (χ1n) is 6.05. The molecule has 2 rings (SSSR count). The lowest BCUT2D eigenvalue weighted by molar-refractivity contribution is -0.137. The van der Waals surface area contributed by atoms with Crippen LogP contribution in [0.2, 0.25) is 0 Å². The van der Waals surface area contributed by atoms with E-state index in [0.29, 0.717) is 11.6 Å². The molecule has 0 fully saturated rings. The van der Waals surface area contributed by atoms with Crippen molar-refractivity contribution >= 4 is 22.6 Å². The molecule has 0 saturated carbocycles. The number of aliphatic carboxylic acids is 1. The number of aromatic nitrogens is 2. The van der Waals surface area contributed by atoms with Gasteiger partial charge in [-0.1, -0.05) is 37.3 Å². The van der Waals surface area contributed by atoms with Gasteiger partial charge in [-0.2, -0.15) is 4.37 Å². The molecule has 5 nitrogen and oxygen atoms in total. The maximum Gasteiger partial charge on any atom is 0.326 e. The van der Waals surface area contributed by atoms with Crippen LogP contribution < -0.4 is 5.32 Å². The second kappa shape index (κ2) is 6.29. The Labute approximate surface area is 115 Å². The van der Waals surface area contributed by atoms with Crippen molar-refractivity contribution in [2.75, 3.05) is 5.32 Å². The van der Waals surface area contributed by atoms with E-state index in [4.69, 9.17) is 0 Å². The van der Waals surface area contributed by atoms with E-state index in [-0.39, 0.29) is 0 Å². The molecule has 0 saturated heterocycles. The summed E-state index contributed by atoms with van der Waals surface area (Å²) in [5.74, 6) is -0.159. The van der Waals surface area contributed by atoms with E-state index in [2.05, 4.69) is 14.7 Å². The molecule has 19 heavy (non-hydrogen) atoms. The lowest BCUT2D eigenvalue weighted by atomic mass is 10.1. The third-order valence-corrected chi connectivity index (χ3v) is 3.35. The van der Waals surface area contributed by atoms with Gasteiger partial charge in [0, 0.05) is 24.4 Å². The monoisotopic (exact) mass is 277 g/mol. The number of hydrogen-bond donors (Lipinski definition) is 2. The lowest BCUT2D eigenvalue weighted by Crippen LogP contribution is -2.31. The molecule has 0 aliphatic rings. The van der Waals surface area contributed by atoms with Crippen LogP contribution in [-0.2, 0) is 17.6 Å². The molecule has 0 amide bonds. The zero-order valence-electron chi connectivity index (χ0n) is 10.5. The predicted molar refractivity (Wildman–Crippen MR) is 74.5 cm³/mol. The summed E-state index contributed by atoms with van der Waals surface area (Å²) in [6, 6.07) is 8.83. The zero-order valence-corrected chi connectivity index (χ0v) is 11.4. The van der Waals surface area contributed by atoms with Crippen LogP contribution in [0.3, 0.4) is 0 Å². The van der Waals surface area contributed by atoms with E-state index < -0.39 is 12.0 Å². The molecule has 0 unspecified atom stereocenters. The van der Waals surface area contributed by atoms with Crippen molar-refractivity contribution in [3.05, 3.63) is 41.7 Å². The van der Waals surface area contributed by atoms with E-state index in [1.54, 1.807) is 0 Å². The molecule has 0 radical (unpaired) electrons. The summed E-state index contributed by atoms with van der Waals surface area (Å²) in [5, 5.41) is 12.7. The van der Waals surface area contributed by atoms with Gasteiger partial charge in [0.15, 0.2) is 0 Å². The van der Waals surface area contributed by atoms with E-state index in [1.807, 2.05) is 37.3 Å². The van der Waals surface area contributed by atoms with E-state index >= 15 is 0 Å². The summed E-state index contributed by atoms with van der Waals surface area (Å²) in [6.07, 6.45) is 1.16. The number of nitrogens with one attached hydrogen (secondary N) is 1. The third kappa shape index (κ3) is 3.75. The standard InChI is InChI=1S/C13H15N3O2S/c1-2-11-15-13(19-16-11)14-10(12(17)18)8-9-6-4-3-5-7-9/h3-7,10H,2,8H2,1H3,(H,17,18)(H,14,15,16)/t10-/m0/s1. The normalized spacial score (nSPS) is 12.1. The molecular formula is C13H15N3O2S. The Kier molecular flexibility index (Phi) is 4.46. The topological polar surface area (TPSA) is 75.1 Å². The van der Waals surface area contributed by atoms with E-state index in [1.165, 1.54) is 11.5 Å². The highest BCUT2D eigenvalue weighted by molar-refractivity contribution is 7.09. The van der Waals surface area contributed by atoms with Gasteiger partial charge in [0.1, 0.15) is 11.9 Å². The molecule has 1 atom stereocenters. The molecule has 1 aromatic heterocycles. The van der Waals surface area contributed by atoms with Crippen LogP contribution in [0.4, 0.5) is 5.13 Å². The highest BCUT2D eigenvalue weighted by Crippen LogP contribution is 2.14. The fourth-order valence-electron chi connectivity index (χ4n) is 1.66. The minimum atomic E-state index is -0.892. The SMILES string of the molecule is CCc1nsc(N[C@@H](Cc2ccccc2)C(=O)O)n1. The van der Waals surface area contributed by atoms with Crippen molar-refractivity contribution in [3.63, 3.8) is 0 Å². The van der Waals surface area contributed by atoms with Crippen LogP contribution in [0.5, 0.6) is 0 Å². The van der Waals surface area contributed by atoms with Crippen LogP contribution in [0.1, 0.15) is 18.3 Å². The number of nitrogens with zero attached hydrogens (tertiary/aromatic N) is 2. The van der Waals surface area contributed by atoms with Gasteiger partial charge in [-0.25, -0.2) is 9.78 Å². The number of carbonyl (C=O) groups is 1. The fourth-order valence-corrected chi connectivity index (χ4v) is 2.36. The molecular weight excluding hydrogens is 262 g/mol. The van der Waals surface area contributed by atoms with Crippen molar-refractivity contribution in [1.82, 2.24) is 9.36 Å². The summed E-state index contributed by atoms with van der Waals surface area (Å²) in [7, 11) is 0. The number of aryl methyl sites for hydroxylation is 1. The summed E-state index contributed by atoms with van der Waals surface area (Å²) in [6.45, 7) is 1.96. The smallest absolute Gasteiger partial charge is 0.326 e. The average molecular weight is 277 g/mol. The van der Waals surface area contributed by atoms with Crippen LogP contribution in [-0.4, -0.2) is 26.5 Å². The Balaban J connectivity index is 2.06. The first kappa shape index (κ1) is 13.5. The molecule has 1 aromatic carbocycles. The number of rotatable bonds is 6. The second-order valence-corrected chi connectivity index (χ2v) is 4.85. The summed E-state index contributed by atoms with van der Waals surface area (Å²) >= 11 is 1.19. The van der Waals surface area contributed by atoms with Crippen LogP contribution in [0.15, 0.2) is 30.3 Å². The Morgan fingerprint density at radius 1 is 1.42 bits per heavy atom. The first-order chi connectivity index (χ1) is 9.19. The Hall–Kier alpha value is -1.95. The minimum Gasteiger partial charge on any atom is -0.480 e. The lowest BCUT2D eigenvalue weighted by Gasteiger charge is -2.13. The van der Waals surface area contributed by atoms with Crippen molar-refractivity contribution in [2.45, 2.75) is 25.8 Å². The van der Waals surface area contributed by atoms with Gasteiger partial charge in [0.05, 0.1) is 0 Å². The van der Waals surface area contributed by atoms with Gasteiger partial charge in [-0.05, 0) is 5.56 Å². The van der Waals surface area contributed by atoms with Crippen molar-refractivity contribution in [3.8, 4) is 0 Å². The van der Waals surface area contributed by atoms with E-state index in [9.17, 15) is 9.90 Å². The number of benzene rings is 1. The molecule has 0 aliphatic heterocycles. The molecule has 0 bridgehead atoms. The molecule has 2 aromatic rings. The highest BCUT2D eigenvalue weighted by atomic mass is 32.1. The number of carboxylic acid groups (broad SMARTS) is 1. The maximum atomic E-state index is 11.3. The van der Waals surface area contributed by atoms with Crippen molar-refractivity contribution < 1.29 is 9.90 Å². The number of carboxylic acids is 1. The van der Waals surface area contributed by atoms with Crippen LogP contribution in [0.25, 0.3) is 0 Å². The zero-order chi connectivity index (χ0) is 13.7. The third-order valence-electron chi connectivity index (χ3n) is 2.66. The van der Waals surface area contributed by atoms with E-state index in [0.717, 1.165) is 17.8 Å². The summed E-state index contributed by atoms with van der Waals surface area (Å²) in [5.41, 5.74) is 0.975. The average Bonchev–Trinajstić information content (AvgIpc) is 2.87. The summed E-state index contributed by atoms with van der Waals surface area (Å²) in [4.78, 5) is 15.5. The molecule has 2 N–H and O–H groups in total. The van der Waals surface area contributed by atoms with Gasteiger partial charge in [-0.3, -0.25) is 0 Å². The minimum absolute atomic E-state index is 0.414. The van der Waals surface area contributed by atoms with Crippen molar-refractivity contribution in [2.24, 2.45) is 0 Å². The largest absolute Gasteiger partial charge is 0.480 e. The van der Waals surface area contributed by atoms with Crippen LogP contribution in [0, 0.1) is 0 Å². The summed E-state index contributed by atoms with van der Waals surface area (Å²) < 4.78 is 4.13. The van der Waals surface area contributed by atoms with Gasteiger partial charge < -0.3 is 10.4 Å². The van der Waals surface area contributed by atoms with Gasteiger partial charge in [-0.15, -0.1) is 0 Å².